The Balaban J connectivity index is 1.75. The zero-order chi connectivity index (χ0) is 14.8. The van der Waals surface area contributed by atoms with Crippen molar-refractivity contribution in [1.82, 2.24) is 24.6 Å². The molecule has 1 N–H and O–H groups in total. The zero-order valence-electron chi connectivity index (χ0n) is 12.4. The van der Waals surface area contributed by atoms with E-state index in [0.717, 1.165) is 41.5 Å². The summed E-state index contributed by atoms with van der Waals surface area (Å²) in [4.78, 5) is 14.3. The van der Waals surface area contributed by atoms with Gasteiger partial charge in [-0.2, -0.15) is 14.6 Å². The number of nitrogens with zero attached hydrogens (tertiary/aromatic N) is 5. The summed E-state index contributed by atoms with van der Waals surface area (Å²) in [6.07, 6.45) is 5.45. The van der Waals surface area contributed by atoms with Crippen LogP contribution < -0.4 is 5.32 Å². The molecule has 7 heteroatoms. The number of thiazole rings is 1. The standard InChI is InChI=1S/C14H18N6S/c1-4-11-7-16-12(21-11)5-6-15-13-9(2)10(3)19-14-17-8-18-20(13)14/h7-8,15H,4-6H2,1-3H3. The van der Waals surface area contributed by atoms with Gasteiger partial charge in [0.25, 0.3) is 5.78 Å². The van der Waals surface area contributed by atoms with Crippen LogP contribution in [0.5, 0.6) is 0 Å². The highest BCUT2D eigenvalue weighted by Crippen LogP contribution is 2.18. The molecule has 0 saturated carbocycles. The lowest BCUT2D eigenvalue weighted by Crippen LogP contribution is -2.12. The summed E-state index contributed by atoms with van der Waals surface area (Å²) >= 11 is 1.78. The summed E-state index contributed by atoms with van der Waals surface area (Å²) in [6.45, 7) is 7.00. The van der Waals surface area contributed by atoms with Crippen LogP contribution in [0.15, 0.2) is 12.5 Å². The van der Waals surface area contributed by atoms with Crippen molar-refractivity contribution in [3.8, 4) is 0 Å². The minimum atomic E-state index is 0.628. The molecule has 0 bridgehead atoms. The number of hydrogen-bond donors (Lipinski definition) is 1. The van der Waals surface area contributed by atoms with Crippen molar-refractivity contribution in [2.75, 3.05) is 11.9 Å². The molecule has 0 saturated heterocycles. The molecule has 110 valence electrons. The van der Waals surface area contributed by atoms with Gasteiger partial charge in [-0.25, -0.2) is 9.97 Å². The van der Waals surface area contributed by atoms with E-state index in [4.69, 9.17) is 0 Å². The summed E-state index contributed by atoms with van der Waals surface area (Å²) in [7, 11) is 0. The molecule has 0 atom stereocenters. The topological polar surface area (TPSA) is 68.0 Å². The summed E-state index contributed by atoms with van der Waals surface area (Å²) in [5, 5.41) is 8.84. The van der Waals surface area contributed by atoms with Gasteiger partial charge < -0.3 is 5.32 Å². The molecular weight excluding hydrogens is 284 g/mol. The van der Waals surface area contributed by atoms with Crippen LogP contribution in [0.2, 0.25) is 0 Å². The van der Waals surface area contributed by atoms with E-state index in [1.165, 1.54) is 11.2 Å². The predicted octanol–water partition coefficient (Wildman–Crippen LogP) is 2.41. The lowest BCUT2D eigenvalue weighted by atomic mass is 10.2. The Morgan fingerprint density at radius 2 is 2.14 bits per heavy atom. The van der Waals surface area contributed by atoms with Crippen molar-refractivity contribution in [3.63, 3.8) is 0 Å². The van der Waals surface area contributed by atoms with Gasteiger partial charge in [0.2, 0.25) is 0 Å². The first kappa shape index (κ1) is 13.9. The highest BCUT2D eigenvalue weighted by Gasteiger charge is 2.10. The molecule has 3 rings (SSSR count). The molecule has 0 fully saturated rings. The van der Waals surface area contributed by atoms with E-state index in [2.05, 4.69) is 32.3 Å². The second-order valence-corrected chi connectivity index (χ2v) is 6.09. The highest BCUT2D eigenvalue weighted by molar-refractivity contribution is 7.11. The van der Waals surface area contributed by atoms with Crippen LogP contribution in [0.25, 0.3) is 5.78 Å². The fraction of sp³-hybridized carbons (Fsp3) is 0.429. The third kappa shape index (κ3) is 2.73. The molecule has 0 aliphatic heterocycles. The first-order chi connectivity index (χ1) is 10.2. The molecule has 0 aromatic carbocycles. The molecule has 0 radical (unpaired) electrons. The van der Waals surface area contributed by atoms with Crippen molar-refractivity contribution in [1.29, 1.82) is 0 Å². The van der Waals surface area contributed by atoms with Gasteiger partial charge in [0.1, 0.15) is 12.1 Å². The maximum absolute atomic E-state index is 4.44. The Morgan fingerprint density at radius 1 is 1.29 bits per heavy atom. The fourth-order valence-corrected chi connectivity index (χ4v) is 3.02. The minimum Gasteiger partial charge on any atom is -0.369 e. The molecule has 21 heavy (non-hydrogen) atoms. The zero-order valence-corrected chi connectivity index (χ0v) is 13.2. The van der Waals surface area contributed by atoms with Crippen molar-refractivity contribution in [2.24, 2.45) is 0 Å². The van der Waals surface area contributed by atoms with Gasteiger partial charge in [-0.05, 0) is 20.3 Å². The number of aromatic nitrogens is 5. The van der Waals surface area contributed by atoms with E-state index in [-0.39, 0.29) is 0 Å². The van der Waals surface area contributed by atoms with E-state index < -0.39 is 0 Å². The Labute approximate surface area is 127 Å². The van der Waals surface area contributed by atoms with Crippen LogP contribution in [0, 0.1) is 13.8 Å². The monoisotopic (exact) mass is 302 g/mol. The van der Waals surface area contributed by atoms with Gasteiger partial charge >= 0.3 is 0 Å². The van der Waals surface area contributed by atoms with E-state index in [0.29, 0.717) is 5.78 Å². The average Bonchev–Trinajstić information content (AvgIpc) is 3.11. The second kappa shape index (κ2) is 5.77. The maximum atomic E-state index is 4.44. The first-order valence-electron chi connectivity index (χ1n) is 7.03. The van der Waals surface area contributed by atoms with Crippen LogP contribution in [-0.4, -0.2) is 31.1 Å². The molecule has 0 unspecified atom stereocenters. The number of rotatable bonds is 5. The Kier molecular flexibility index (Phi) is 3.83. The molecule has 6 nitrogen and oxygen atoms in total. The fourth-order valence-electron chi connectivity index (χ4n) is 2.16. The summed E-state index contributed by atoms with van der Waals surface area (Å²) in [6, 6.07) is 0. The first-order valence-corrected chi connectivity index (χ1v) is 7.85. The number of aryl methyl sites for hydroxylation is 2. The summed E-state index contributed by atoms with van der Waals surface area (Å²) < 4.78 is 1.75. The second-order valence-electron chi connectivity index (χ2n) is 4.89. The van der Waals surface area contributed by atoms with Crippen molar-refractivity contribution >= 4 is 22.9 Å². The van der Waals surface area contributed by atoms with Gasteiger partial charge in [0.15, 0.2) is 0 Å². The molecule has 0 amide bonds. The van der Waals surface area contributed by atoms with Crippen molar-refractivity contribution in [2.45, 2.75) is 33.6 Å². The Hall–Kier alpha value is -2.02. The van der Waals surface area contributed by atoms with Crippen LogP contribution in [-0.2, 0) is 12.8 Å². The van der Waals surface area contributed by atoms with E-state index in [9.17, 15) is 0 Å². The number of anilines is 1. The SMILES string of the molecule is CCc1cnc(CCNc2c(C)c(C)nc3ncnn23)s1. The summed E-state index contributed by atoms with van der Waals surface area (Å²) in [5.41, 5.74) is 2.07. The lowest BCUT2D eigenvalue weighted by molar-refractivity contribution is 0.891. The lowest BCUT2D eigenvalue weighted by Gasteiger charge is -2.11. The van der Waals surface area contributed by atoms with Gasteiger partial charge in [0, 0.05) is 35.3 Å². The van der Waals surface area contributed by atoms with E-state index in [1.807, 2.05) is 20.0 Å². The average molecular weight is 302 g/mol. The van der Waals surface area contributed by atoms with Crippen LogP contribution in [0.4, 0.5) is 5.82 Å². The third-order valence-electron chi connectivity index (χ3n) is 3.49. The van der Waals surface area contributed by atoms with Crippen LogP contribution in [0.3, 0.4) is 0 Å². The van der Waals surface area contributed by atoms with E-state index in [1.54, 1.807) is 15.9 Å². The predicted molar refractivity (Wildman–Crippen MR) is 83.9 cm³/mol. The summed E-state index contributed by atoms with van der Waals surface area (Å²) in [5.74, 6) is 1.59. The van der Waals surface area contributed by atoms with Crippen molar-refractivity contribution < 1.29 is 0 Å². The number of hydrogen-bond acceptors (Lipinski definition) is 6. The maximum Gasteiger partial charge on any atom is 0.254 e. The molecule has 3 aromatic heterocycles. The molecule has 3 aromatic rings. The van der Waals surface area contributed by atoms with Gasteiger partial charge in [-0.15, -0.1) is 11.3 Å². The van der Waals surface area contributed by atoms with Gasteiger partial charge in [-0.3, -0.25) is 0 Å². The number of fused-ring (bicyclic) bond motifs is 1. The third-order valence-corrected chi connectivity index (χ3v) is 4.69. The normalized spacial score (nSPS) is 11.2. The van der Waals surface area contributed by atoms with Crippen molar-refractivity contribution in [3.05, 3.63) is 33.7 Å². The molecule has 0 aliphatic rings. The van der Waals surface area contributed by atoms with Crippen LogP contribution >= 0.6 is 11.3 Å². The minimum absolute atomic E-state index is 0.628. The largest absolute Gasteiger partial charge is 0.369 e. The van der Waals surface area contributed by atoms with Gasteiger partial charge in [0.05, 0.1) is 5.01 Å². The van der Waals surface area contributed by atoms with Crippen LogP contribution in [0.1, 0.15) is 28.1 Å². The Bertz CT molecular complexity index is 760. The number of nitrogens with one attached hydrogen (secondary N) is 1. The molecule has 3 heterocycles. The van der Waals surface area contributed by atoms with Gasteiger partial charge in [-0.1, -0.05) is 6.92 Å². The van der Waals surface area contributed by atoms with E-state index >= 15 is 0 Å². The quantitative estimate of drug-likeness (QED) is 0.784. The molecular formula is C14H18N6S. The Morgan fingerprint density at radius 3 is 2.90 bits per heavy atom. The smallest absolute Gasteiger partial charge is 0.254 e. The molecule has 0 spiro atoms. The molecule has 0 aliphatic carbocycles. The highest BCUT2D eigenvalue weighted by atomic mass is 32.1.